The number of aryl methyl sites for hydroxylation is 1. The number of fused-ring (bicyclic) bond motifs is 2. The number of rotatable bonds is 6. The Kier molecular flexibility index (Phi) is 5.92. The van der Waals surface area contributed by atoms with E-state index in [2.05, 4.69) is 15.2 Å². The number of H-pyrrole nitrogens is 1. The Morgan fingerprint density at radius 2 is 1.91 bits per heavy atom. The fourth-order valence-electron chi connectivity index (χ4n) is 3.59. The van der Waals surface area contributed by atoms with Crippen LogP contribution in [0.3, 0.4) is 0 Å². The monoisotopic (exact) mass is 429 g/mol. The number of nitrogens with one attached hydrogen (secondary N) is 1. The van der Waals surface area contributed by atoms with Crippen LogP contribution in [0.25, 0.3) is 22.7 Å². The van der Waals surface area contributed by atoms with Crippen LogP contribution in [0.4, 0.5) is 5.69 Å². The van der Waals surface area contributed by atoms with Crippen LogP contribution in [0.1, 0.15) is 11.1 Å². The molecule has 2 heterocycles. The molecule has 164 valence electrons. The molecule has 0 radical (unpaired) electrons. The minimum Gasteiger partial charge on any atom is -0.494 e. The van der Waals surface area contributed by atoms with E-state index in [0.29, 0.717) is 12.2 Å². The summed E-state index contributed by atoms with van der Waals surface area (Å²) in [4.78, 5) is 19.1. The van der Waals surface area contributed by atoms with Gasteiger partial charge in [-0.25, -0.2) is 0 Å². The fourth-order valence-corrected chi connectivity index (χ4v) is 3.59. The number of amides is 1. The first-order valence-electron chi connectivity index (χ1n) is 10.5. The quantitative estimate of drug-likeness (QED) is 0.591. The van der Waals surface area contributed by atoms with Gasteiger partial charge >= 0.3 is 0 Å². The Morgan fingerprint density at radius 1 is 1.09 bits per heavy atom. The summed E-state index contributed by atoms with van der Waals surface area (Å²) in [7, 11) is 5.74. The van der Waals surface area contributed by atoms with Crippen molar-refractivity contribution in [2.45, 2.75) is 6.92 Å². The molecular weight excluding hydrogens is 402 g/mol. The molecule has 1 aliphatic rings. The van der Waals surface area contributed by atoms with E-state index in [9.17, 15) is 9.90 Å². The highest BCUT2D eigenvalue weighted by Crippen LogP contribution is 2.28. The number of aromatic amines is 1. The highest BCUT2D eigenvalue weighted by Gasteiger charge is 2.11. The zero-order valence-electron chi connectivity index (χ0n) is 18.8. The van der Waals surface area contributed by atoms with Crippen LogP contribution >= 0.6 is 0 Å². The van der Waals surface area contributed by atoms with E-state index >= 15 is 0 Å². The summed E-state index contributed by atoms with van der Waals surface area (Å²) in [6.07, 6.45) is 5.17. The molecule has 1 amide bonds. The Balaban J connectivity index is 1.62. The van der Waals surface area contributed by atoms with Crippen LogP contribution in [0.2, 0.25) is 0 Å². The molecule has 1 aromatic heterocycles. The van der Waals surface area contributed by atoms with Gasteiger partial charge in [0, 0.05) is 47.9 Å². The van der Waals surface area contributed by atoms with E-state index in [1.54, 1.807) is 18.0 Å². The normalized spacial score (nSPS) is 13.7. The summed E-state index contributed by atoms with van der Waals surface area (Å²) in [5.74, 6) is 0.0675. The highest BCUT2D eigenvalue weighted by molar-refractivity contribution is 5.92. The first-order chi connectivity index (χ1) is 15.3. The minimum atomic E-state index is -0.0712. The molecule has 1 aliphatic heterocycles. The second-order valence-electron chi connectivity index (χ2n) is 8.34. The number of aromatic hydroxyl groups is 1. The van der Waals surface area contributed by atoms with Crippen molar-refractivity contribution in [2.24, 2.45) is 10.2 Å². The summed E-state index contributed by atoms with van der Waals surface area (Å²) >= 11 is 0. The first kappa shape index (κ1) is 21.5. The van der Waals surface area contributed by atoms with Crippen molar-refractivity contribution in [3.63, 3.8) is 0 Å². The average Bonchev–Trinajstić information content (AvgIpc) is 3.30. The molecule has 7 nitrogen and oxygen atoms in total. The van der Waals surface area contributed by atoms with Crippen molar-refractivity contribution in [1.29, 1.82) is 0 Å². The van der Waals surface area contributed by atoms with Crippen molar-refractivity contribution in [2.75, 3.05) is 34.2 Å². The van der Waals surface area contributed by atoms with E-state index in [4.69, 9.17) is 0 Å². The lowest BCUT2D eigenvalue weighted by Gasteiger charge is -2.17. The highest BCUT2D eigenvalue weighted by atomic mass is 16.3. The smallest absolute Gasteiger partial charge is 0.246 e. The summed E-state index contributed by atoms with van der Waals surface area (Å²) in [6.45, 7) is 3.49. The average molecular weight is 430 g/mol. The van der Waals surface area contributed by atoms with Crippen molar-refractivity contribution in [3.05, 3.63) is 70.1 Å². The number of likely N-dealkylation sites (N-methyl/N-ethyl adjacent to an activating group) is 2. The van der Waals surface area contributed by atoms with Crippen LogP contribution in [0.5, 0.6) is 5.88 Å². The predicted octanol–water partition coefficient (Wildman–Crippen LogP) is 2.79. The van der Waals surface area contributed by atoms with Crippen molar-refractivity contribution < 1.29 is 9.90 Å². The van der Waals surface area contributed by atoms with E-state index in [0.717, 1.165) is 44.7 Å². The summed E-state index contributed by atoms with van der Waals surface area (Å²) < 4.78 is 0. The standard InChI is InChI=1S/C25H27N5O2/c1-16-5-8-21-19(13-16)20(25(32)26-21)14-17-6-7-18-22(27-28-23(18)15-17)9-10-24(31)30(4)12-11-29(2)3/h5-10,13-15,26,32H,11-12H2,1-4H3/b10-9+,17-14?. The molecule has 2 aromatic carbocycles. The van der Waals surface area contributed by atoms with Crippen LogP contribution in [-0.4, -0.2) is 60.0 Å². The number of hydrogen-bond donors (Lipinski definition) is 2. The van der Waals surface area contributed by atoms with Crippen LogP contribution in [0, 0.1) is 6.92 Å². The van der Waals surface area contributed by atoms with Gasteiger partial charge in [-0.3, -0.25) is 4.79 Å². The van der Waals surface area contributed by atoms with Gasteiger partial charge in [0.25, 0.3) is 0 Å². The van der Waals surface area contributed by atoms with Crippen molar-refractivity contribution in [1.82, 2.24) is 14.8 Å². The third-order valence-electron chi connectivity index (χ3n) is 5.49. The molecule has 0 aliphatic carbocycles. The SMILES string of the molecule is Cc1ccc2[nH]c(O)c(C=c3ccc4c(c3)N=NC=4/C=C/C(=O)N(C)CCN(C)C)c2c1. The van der Waals surface area contributed by atoms with Crippen molar-refractivity contribution >= 4 is 34.3 Å². The third kappa shape index (κ3) is 4.48. The van der Waals surface area contributed by atoms with Gasteiger partial charge in [0.05, 0.1) is 11.4 Å². The van der Waals surface area contributed by atoms with E-state index in [1.807, 2.05) is 68.4 Å². The number of hydrogen-bond acceptors (Lipinski definition) is 5. The Morgan fingerprint density at radius 3 is 2.69 bits per heavy atom. The summed E-state index contributed by atoms with van der Waals surface area (Å²) in [6, 6.07) is 11.9. The molecule has 0 saturated heterocycles. The molecule has 4 rings (SSSR count). The van der Waals surface area contributed by atoms with Crippen molar-refractivity contribution in [3.8, 4) is 5.88 Å². The number of azo groups is 1. The molecule has 2 N–H and O–H groups in total. The van der Waals surface area contributed by atoms with Gasteiger partial charge in [0.1, 0.15) is 0 Å². The molecule has 0 fully saturated rings. The first-order valence-corrected chi connectivity index (χ1v) is 10.5. The predicted molar refractivity (Wildman–Crippen MR) is 127 cm³/mol. The van der Waals surface area contributed by atoms with Gasteiger partial charge in [-0.2, -0.15) is 0 Å². The minimum absolute atomic E-state index is 0.0712. The maximum atomic E-state index is 12.3. The lowest BCUT2D eigenvalue weighted by atomic mass is 10.1. The largest absolute Gasteiger partial charge is 0.494 e. The lowest BCUT2D eigenvalue weighted by Crippen LogP contribution is -2.32. The van der Waals surface area contributed by atoms with Gasteiger partial charge < -0.3 is 19.9 Å². The van der Waals surface area contributed by atoms with Gasteiger partial charge in [0.15, 0.2) is 5.88 Å². The second-order valence-corrected chi connectivity index (χ2v) is 8.34. The lowest BCUT2D eigenvalue weighted by molar-refractivity contribution is -0.124. The second kappa shape index (κ2) is 8.80. The Bertz CT molecular complexity index is 1360. The zero-order chi connectivity index (χ0) is 22.8. The summed E-state index contributed by atoms with van der Waals surface area (Å²) in [5, 5.41) is 21.6. The van der Waals surface area contributed by atoms with E-state index in [-0.39, 0.29) is 11.8 Å². The van der Waals surface area contributed by atoms with Gasteiger partial charge in [-0.1, -0.05) is 17.7 Å². The molecule has 0 bridgehead atoms. The molecule has 3 aromatic rings. The molecule has 0 spiro atoms. The number of aromatic nitrogens is 1. The number of carbonyl (C=O) groups excluding carboxylic acids is 1. The Hall–Kier alpha value is -3.71. The van der Waals surface area contributed by atoms with E-state index in [1.165, 1.54) is 6.08 Å². The molecular formula is C25H27N5O2. The maximum Gasteiger partial charge on any atom is 0.246 e. The van der Waals surface area contributed by atoms with Gasteiger partial charge in [-0.15, -0.1) is 10.2 Å². The van der Waals surface area contributed by atoms with Gasteiger partial charge in [-0.05, 0) is 62.7 Å². The van der Waals surface area contributed by atoms with Gasteiger partial charge in [0.2, 0.25) is 5.91 Å². The molecule has 7 heteroatoms. The Labute approximate surface area is 186 Å². The molecule has 0 atom stereocenters. The van der Waals surface area contributed by atoms with Crippen LogP contribution < -0.4 is 10.4 Å². The number of nitrogens with zero attached hydrogens (tertiary/aromatic N) is 4. The molecule has 32 heavy (non-hydrogen) atoms. The maximum absolute atomic E-state index is 12.3. The molecule has 0 unspecified atom stereocenters. The summed E-state index contributed by atoms with van der Waals surface area (Å²) in [5.41, 5.74) is 4.16. The number of carbonyl (C=O) groups is 1. The fraction of sp³-hybridized carbons (Fsp3) is 0.240. The van der Waals surface area contributed by atoms with Crippen LogP contribution in [-0.2, 0) is 4.79 Å². The molecule has 0 saturated carbocycles. The third-order valence-corrected chi connectivity index (χ3v) is 5.49. The number of benzene rings is 2. The zero-order valence-corrected chi connectivity index (χ0v) is 18.8. The topological polar surface area (TPSA) is 84.3 Å². The van der Waals surface area contributed by atoms with Crippen LogP contribution in [0.15, 0.2) is 58.8 Å². The van der Waals surface area contributed by atoms with E-state index < -0.39 is 0 Å².